The molecule has 0 heterocycles. The number of benzene rings is 1. The summed E-state index contributed by atoms with van der Waals surface area (Å²) in [4.78, 5) is 11.9. The highest BCUT2D eigenvalue weighted by molar-refractivity contribution is 9.10. The Balaban J connectivity index is 3.00. The highest BCUT2D eigenvalue weighted by atomic mass is 79.9. The molecule has 1 rings (SSSR count). The van der Waals surface area contributed by atoms with E-state index < -0.39 is 5.92 Å². The Hall–Kier alpha value is -1.85. The van der Waals surface area contributed by atoms with Crippen molar-refractivity contribution in [3.05, 3.63) is 28.2 Å². The molecule has 0 bridgehead atoms. The maximum Gasteiger partial charge on any atom is 0.169 e. The quantitative estimate of drug-likeness (QED) is 0.800. The molecule has 0 atom stereocenters. The van der Waals surface area contributed by atoms with E-state index in [0.717, 1.165) is 4.47 Å². The van der Waals surface area contributed by atoms with Crippen molar-refractivity contribution in [2.45, 2.75) is 6.42 Å². The number of Topliss-reactive ketones (excluding diaryl/α,β-unsaturated/α-hetero) is 1. The van der Waals surface area contributed by atoms with Gasteiger partial charge in [-0.2, -0.15) is 10.5 Å². The zero-order chi connectivity index (χ0) is 12.8. The average molecular weight is 293 g/mol. The van der Waals surface area contributed by atoms with E-state index in [1.807, 2.05) is 0 Å². The van der Waals surface area contributed by atoms with Crippen molar-refractivity contribution in [3.8, 4) is 17.9 Å². The molecule has 86 valence electrons. The summed E-state index contributed by atoms with van der Waals surface area (Å²) in [6.07, 6.45) is -0.125. The van der Waals surface area contributed by atoms with Gasteiger partial charge in [0.15, 0.2) is 5.78 Å². The van der Waals surface area contributed by atoms with Gasteiger partial charge in [0, 0.05) is 10.9 Å². The number of halogens is 1. The summed E-state index contributed by atoms with van der Waals surface area (Å²) in [5.41, 5.74) is 0.373. The fourth-order valence-electron chi connectivity index (χ4n) is 1.31. The number of rotatable bonds is 4. The second-order valence-corrected chi connectivity index (χ2v) is 4.20. The number of ether oxygens (including phenoxy) is 1. The number of methoxy groups -OCH3 is 1. The van der Waals surface area contributed by atoms with Crippen LogP contribution in [0.5, 0.6) is 5.75 Å². The van der Waals surface area contributed by atoms with Gasteiger partial charge in [-0.15, -0.1) is 0 Å². The van der Waals surface area contributed by atoms with Crippen LogP contribution in [0.3, 0.4) is 0 Å². The maximum atomic E-state index is 11.9. The zero-order valence-corrected chi connectivity index (χ0v) is 10.7. The fourth-order valence-corrected chi connectivity index (χ4v) is 1.67. The minimum Gasteiger partial charge on any atom is -0.496 e. The van der Waals surface area contributed by atoms with E-state index in [1.54, 1.807) is 30.3 Å². The molecular formula is C12H9BrN2O2. The first-order chi connectivity index (χ1) is 8.12. The summed E-state index contributed by atoms with van der Waals surface area (Å²) in [7, 11) is 1.46. The van der Waals surface area contributed by atoms with E-state index in [0.29, 0.717) is 11.3 Å². The van der Waals surface area contributed by atoms with Crippen molar-refractivity contribution >= 4 is 21.7 Å². The van der Waals surface area contributed by atoms with Crippen molar-refractivity contribution in [1.82, 2.24) is 0 Å². The van der Waals surface area contributed by atoms with Gasteiger partial charge in [0.1, 0.15) is 11.7 Å². The highest BCUT2D eigenvalue weighted by Gasteiger charge is 2.17. The van der Waals surface area contributed by atoms with Gasteiger partial charge in [0.05, 0.1) is 24.8 Å². The molecule has 0 spiro atoms. The van der Waals surface area contributed by atoms with Gasteiger partial charge in [-0.1, -0.05) is 15.9 Å². The van der Waals surface area contributed by atoms with Crippen molar-refractivity contribution in [2.75, 3.05) is 7.11 Å². The molecule has 0 fully saturated rings. The Morgan fingerprint density at radius 1 is 1.47 bits per heavy atom. The first-order valence-electron chi connectivity index (χ1n) is 4.78. The first-order valence-corrected chi connectivity index (χ1v) is 5.57. The molecule has 0 aliphatic rings. The Kier molecular flexibility index (Phi) is 4.68. The lowest BCUT2D eigenvalue weighted by molar-refractivity contribution is 0.0973. The first kappa shape index (κ1) is 13.2. The van der Waals surface area contributed by atoms with Crippen LogP contribution in [0.25, 0.3) is 0 Å². The topological polar surface area (TPSA) is 73.9 Å². The molecule has 1 aromatic rings. The SMILES string of the molecule is COc1ccc(Br)cc1C(=O)CC(C#N)C#N. The maximum absolute atomic E-state index is 11.9. The normalized spacial score (nSPS) is 9.47. The van der Waals surface area contributed by atoms with Crippen LogP contribution in [0.2, 0.25) is 0 Å². The van der Waals surface area contributed by atoms with Crippen LogP contribution in [0.4, 0.5) is 0 Å². The van der Waals surface area contributed by atoms with E-state index in [2.05, 4.69) is 15.9 Å². The van der Waals surface area contributed by atoms with Crippen LogP contribution < -0.4 is 4.74 Å². The third kappa shape index (κ3) is 3.30. The molecule has 0 aromatic heterocycles. The van der Waals surface area contributed by atoms with Crippen molar-refractivity contribution in [2.24, 2.45) is 5.92 Å². The monoisotopic (exact) mass is 292 g/mol. The largest absolute Gasteiger partial charge is 0.496 e. The molecule has 0 aliphatic heterocycles. The second-order valence-electron chi connectivity index (χ2n) is 3.28. The number of ketones is 1. The average Bonchev–Trinajstić information content (AvgIpc) is 2.35. The molecule has 0 saturated heterocycles. The predicted molar refractivity (Wildman–Crippen MR) is 64.4 cm³/mol. The van der Waals surface area contributed by atoms with Gasteiger partial charge in [-0.3, -0.25) is 4.79 Å². The minimum absolute atomic E-state index is 0.125. The molecule has 0 amide bonds. The molecule has 1 aromatic carbocycles. The van der Waals surface area contributed by atoms with Gasteiger partial charge in [-0.05, 0) is 18.2 Å². The van der Waals surface area contributed by atoms with Gasteiger partial charge < -0.3 is 4.74 Å². The molecule has 0 N–H and O–H groups in total. The van der Waals surface area contributed by atoms with Crippen LogP contribution in [-0.4, -0.2) is 12.9 Å². The van der Waals surface area contributed by atoms with Crippen LogP contribution in [0.1, 0.15) is 16.8 Å². The van der Waals surface area contributed by atoms with Crippen molar-refractivity contribution in [1.29, 1.82) is 10.5 Å². The van der Waals surface area contributed by atoms with E-state index >= 15 is 0 Å². The number of carbonyl (C=O) groups excluding carboxylic acids is 1. The molecule has 17 heavy (non-hydrogen) atoms. The number of nitrogens with zero attached hydrogens (tertiary/aromatic N) is 2. The third-order valence-electron chi connectivity index (χ3n) is 2.16. The summed E-state index contributed by atoms with van der Waals surface area (Å²) < 4.78 is 5.81. The van der Waals surface area contributed by atoms with Crippen LogP contribution in [-0.2, 0) is 0 Å². The number of hydrogen-bond acceptors (Lipinski definition) is 4. The van der Waals surface area contributed by atoms with Gasteiger partial charge in [0.25, 0.3) is 0 Å². The highest BCUT2D eigenvalue weighted by Crippen LogP contribution is 2.25. The minimum atomic E-state index is -0.925. The zero-order valence-electron chi connectivity index (χ0n) is 9.11. The van der Waals surface area contributed by atoms with Crippen LogP contribution >= 0.6 is 15.9 Å². The van der Waals surface area contributed by atoms with Gasteiger partial charge >= 0.3 is 0 Å². The number of nitriles is 2. The smallest absolute Gasteiger partial charge is 0.169 e. The lowest BCUT2D eigenvalue weighted by Crippen LogP contribution is -2.07. The fraction of sp³-hybridized carbons (Fsp3) is 0.250. The predicted octanol–water partition coefficient (Wildman–Crippen LogP) is 2.69. The molecule has 0 aliphatic carbocycles. The summed E-state index contributed by atoms with van der Waals surface area (Å²) in [5, 5.41) is 17.3. The standard InChI is InChI=1S/C12H9BrN2O2/c1-17-12-3-2-9(13)5-10(12)11(16)4-8(6-14)7-15/h2-3,5,8H,4H2,1H3. The van der Waals surface area contributed by atoms with Gasteiger partial charge in [0.2, 0.25) is 0 Å². The van der Waals surface area contributed by atoms with E-state index in [1.165, 1.54) is 7.11 Å². The molecule has 0 unspecified atom stereocenters. The van der Waals surface area contributed by atoms with Crippen LogP contribution in [0.15, 0.2) is 22.7 Å². The van der Waals surface area contributed by atoms with Crippen molar-refractivity contribution in [3.63, 3.8) is 0 Å². The van der Waals surface area contributed by atoms with Gasteiger partial charge in [-0.25, -0.2) is 0 Å². The third-order valence-corrected chi connectivity index (χ3v) is 2.66. The molecule has 5 heteroatoms. The Labute approximate surface area is 108 Å². The molecular weight excluding hydrogens is 284 g/mol. The number of hydrogen-bond donors (Lipinski definition) is 0. The summed E-state index contributed by atoms with van der Waals surface area (Å²) in [6.45, 7) is 0. The summed E-state index contributed by atoms with van der Waals surface area (Å²) in [6, 6.07) is 8.57. The Bertz CT molecular complexity index is 500. The van der Waals surface area contributed by atoms with E-state index in [9.17, 15) is 4.79 Å². The molecule has 0 saturated carbocycles. The molecule has 4 nitrogen and oxygen atoms in total. The van der Waals surface area contributed by atoms with Crippen LogP contribution in [0, 0.1) is 28.6 Å². The van der Waals surface area contributed by atoms with Crippen molar-refractivity contribution < 1.29 is 9.53 Å². The molecule has 0 radical (unpaired) electrons. The lowest BCUT2D eigenvalue weighted by Gasteiger charge is -2.08. The summed E-state index contributed by atoms with van der Waals surface area (Å²) in [5.74, 6) is -0.768. The summed E-state index contributed by atoms with van der Waals surface area (Å²) >= 11 is 3.26. The Morgan fingerprint density at radius 2 is 2.12 bits per heavy atom. The number of carbonyl (C=O) groups is 1. The Morgan fingerprint density at radius 3 is 2.65 bits per heavy atom. The lowest BCUT2D eigenvalue weighted by atomic mass is 10.00. The second kappa shape index (κ2) is 6.03. The van der Waals surface area contributed by atoms with E-state index in [-0.39, 0.29) is 12.2 Å². The van der Waals surface area contributed by atoms with E-state index in [4.69, 9.17) is 15.3 Å².